The van der Waals surface area contributed by atoms with Crippen molar-refractivity contribution in [1.82, 2.24) is 0 Å². The highest BCUT2D eigenvalue weighted by molar-refractivity contribution is 5.67. The lowest BCUT2D eigenvalue weighted by atomic mass is 9.78. The van der Waals surface area contributed by atoms with E-state index in [2.05, 4.69) is 0 Å². The molecule has 4 aliphatic carbocycles. The molecule has 124 valence electrons. The zero-order valence-corrected chi connectivity index (χ0v) is 13.5. The van der Waals surface area contributed by atoms with Gasteiger partial charge in [0.15, 0.2) is 0 Å². The first-order valence-electron chi connectivity index (χ1n) is 8.49. The summed E-state index contributed by atoms with van der Waals surface area (Å²) < 4.78 is 12.0. The molecule has 4 nitrogen and oxygen atoms in total. The summed E-state index contributed by atoms with van der Waals surface area (Å²) in [7, 11) is 1.71. The van der Waals surface area contributed by atoms with Crippen LogP contribution in [0, 0.1) is 17.8 Å². The summed E-state index contributed by atoms with van der Waals surface area (Å²) in [5, 5.41) is 19.0. The number of aliphatic hydroxyl groups excluding tert-OH is 1. The molecule has 0 heterocycles. The third kappa shape index (κ3) is 2.27. The molecular formula is C19H24O4. The number of phenols is 1. The van der Waals surface area contributed by atoms with E-state index in [1.807, 2.05) is 12.1 Å². The molecule has 5 rings (SSSR count). The Bertz CT molecular complexity index is 638. The van der Waals surface area contributed by atoms with Crippen molar-refractivity contribution >= 4 is 5.76 Å². The number of aliphatic hydroxyl groups is 1. The molecule has 0 amide bonds. The van der Waals surface area contributed by atoms with Crippen LogP contribution in [0.25, 0.3) is 5.76 Å². The van der Waals surface area contributed by atoms with Crippen LogP contribution in [0.3, 0.4) is 0 Å². The minimum atomic E-state index is -0.105. The van der Waals surface area contributed by atoms with Crippen LogP contribution in [0.2, 0.25) is 0 Å². The third-order valence-electron chi connectivity index (χ3n) is 5.92. The quantitative estimate of drug-likeness (QED) is 0.820. The van der Waals surface area contributed by atoms with Crippen molar-refractivity contribution in [2.75, 3.05) is 20.3 Å². The van der Waals surface area contributed by atoms with E-state index in [0.29, 0.717) is 18.4 Å². The predicted molar refractivity (Wildman–Crippen MR) is 86.7 cm³/mol. The van der Waals surface area contributed by atoms with Gasteiger partial charge in [0.1, 0.15) is 11.5 Å². The standard InChI is InChI=1S/C19H24O4/c1-22-18(13-3-2-4-15(21)9-13)17-14-7-12-8-16(17)19(10-12,11-14)23-6-5-20/h2-4,9,12,14,16,20-21H,5-8,10-11H2,1H3/b18-17-. The smallest absolute Gasteiger partial charge is 0.126 e. The summed E-state index contributed by atoms with van der Waals surface area (Å²) in [6.07, 6.45) is 4.51. The molecule has 23 heavy (non-hydrogen) atoms. The van der Waals surface area contributed by atoms with Crippen LogP contribution in [0.1, 0.15) is 31.2 Å². The molecule has 0 saturated heterocycles. The number of hydrogen-bond donors (Lipinski definition) is 2. The van der Waals surface area contributed by atoms with Gasteiger partial charge in [-0.05, 0) is 55.2 Å². The first-order valence-corrected chi connectivity index (χ1v) is 8.49. The summed E-state index contributed by atoms with van der Waals surface area (Å²) in [4.78, 5) is 0. The molecule has 1 aromatic rings. The van der Waals surface area contributed by atoms with Gasteiger partial charge in [-0.3, -0.25) is 0 Å². The SMILES string of the molecule is CO/C(=C1/C2CC3CC1C(OCCO)(C3)C2)c1cccc(O)c1. The number of methoxy groups -OCH3 is 1. The third-order valence-corrected chi connectivity index (χ3v) is 5.92. The summed E-state index contributed by atoms with van der Waals surface area (Å²) >= 11 is 0. The highest BCUT2D eigenvalue weighted by atomic mass is 16.5. The zero-order valence-electron chi connectivity index (χ0n) is 13.5. The predicted octanol–water partition coefficient (Wildman–Crippen LogP) is 2.95. The second kappa shape index (κ2) is 5.53. The molecule has 0 spiro atoms. The van der Waals surface area contributed by atoms with Crippen LogP contribution in [0.5, 0.6) is 5.75 Å². The summed E-state index contributed by atoms with van der Waals surface area (Å²) in [5.41, 5.74) is 2.20. The molecule has 1 aromatic carbocycles. The van der Waals surface area contributed by atoms with Crippen LogP contribution in [-0.4, -0.2) is 36.1 Å². The van der Waals surface area contributed by atoms with Gasteiger partial charge in [0.25, 0.3) is 0 Å². The van der Waals surface area contributed by atoms with E-state index in [1.54, 1.807) is 19.2 Å². The molecule has 0 aliphatic heterocycles. The first kappa shape index (κ1) is 15.0. The number of rotatable bonds is 5. The van der Waals surface area contributed by atoms with Crippen molar-refractivity contribution in [3.63, 3.8) is 0 Å². The minimum Gasteiger partial charge on any atom is -0.508 e. The molecule has 4 unspecified atom stereocenters. The maximum Gasteiger partial charge on any atom is 0.126 e. The largest absolute Gasteiger partial charge is 0.508 e. The Morgan fingerprint density at radius 2 is 2.17 bits per heavy atom. The number of phenolic OH excluding ortho intramolecular Hbond substituents is 1. The maximum absolute atomic E-state index is 9.80. The number of aromatic hydroxyl groups is 1. The van der Waals surface area contributed by atoms with E-state index in [4.69, 9.17) is 14.6 Å². The van der Waals surface area contributed by atoms with Crippen molar-refractivity contribution in [2.24, 2.45) is 17.8 Å². The van der Waals surface area contributed by atoms with Crippen LogP contribution in [0.4, 0.5) is 0 Å². The molecular weight excluding hydrogens is 292 g/mol. The normalized spacial score (nSPS) is 36.5. The monoisotopic (exact) mass is 316 g/mol. The summed E-state index contributed by atoms with van der Waals surface area (Å²) in [5.74, 6) is 2.80. The second-order valence-electron chi connectivity index (χ2n) is 7.17. The van der Waals surface area contributed by atoms with E-state index >= 15 is 0 Å². The Kier molecular flexibility index (Phi) is 3.62. The van der Waals surface area contributed by atoms with Crippen LogP contribution >= 0.6 is 0 Å². The number of ether oxygens (including phenoxy) is 2. The molecule has 0 radical (unpaired) electrons. The van der Waals surface area contributed by atoms with Crippen molar-refractivity contribution < 1.29 is 19.7 Å². The van der Waals surface area contributed by atoms with Gasteiger partial charge in [0.2, 0.25) is 0 Å². The molecule has 4 saturated carbocycles. The van der Waals surface area contributed by atoms with Gasteiger partial charge >= 0.3 is 0 Å². The van der Waals surface area contributed by atoms with E-state index in [0.717, 1.165) is 36.5 Å². The van der Waals surface area contributed by atoms with Gasteiger partial charge < -0.3 is 19.7 Å². The molecule has 4 heteroatoms. The Balaban J connectivity index is 1.76. The Morgan fingerprint density at radius 3 is 2.91 bits per heavy atom. The highest BCUT2D eigenvalue weighted by Crippen LogP contribution is 2.65. The lowest BCUT2D eigenvalue weighted by Crippen LogP contribution is -2.35. The second-order valence-corrected chi connectivity index (χ2v) is 7.17. The van der Waals surface area contributed by atoms with E-state index in [-0.39, 0.29) is 18.0 Å². The van der Waals surface area contributed by atoms with Gasteiger partial charge in [-0.25, -0.2) is 0 Å². The minimum absolute atomic E-state index is 0.0759. The molecule has 4 bridgehead atoms. The van der Waals surface area contributed by atoms with Crippen molar-refractivity contribution in [1.29, 1.82) is 0 Å². The maximum atomic E-state index is 9.80. The Hall–Kier alpha value is -1.52. The fourth-order valence-electron chi connectivity index (χ4n) is 5.36. The molecule has 0 aromatic heterocycles. The average Bonchev–Trinajstić information content (AvgIpc) is 2.91. The number of hydrogen-bond acceptors (Lipinski definition) is 4. The first-order chi connectivity index (χ1) is 11.2. The van der Waals surface area contributed by atoms with E-state index in [1.165, 1.54) is 12.0 Å². The lowest BCUT2D eigenvalue weighted by molar-refractivity contribution is -0.0760. The molecule has 4 atom stereocenters. The van der Waals surface area contributed by atoms with Crippen molar-refractivity contribution in [2.45, 2.75) is 31.3 Å². The summed E-state index contributed by atoms with van der Waals surface area (Å²) in [6.45, 7) is 0.490. The average molecular weight is 316 g/mol. The molecule has 2 N–H and O–H groups in total. The topological polar surface area (TPSA) is 58.9 Å². The zero-order chi connectivity index (χ0) is 16.0. The van der Waals surface area contributed by atoms with Crippen LogP contribution < -0.4 is 0 Å². The fraction of sp³-hybridized carbons (Fsp3) is 0.579. The van der Waals surface area contributed by atoms with E-state index < -0.39 is 0 Å². The highest BCUT2D eigenvalue weighted by Gasteiger charge is 2.62. The number of benzene rings is 1. The Labute approximate surface area is 136 Å². The van der Waals surface area contributed by atoms with Gasteiger partial charge in [-0.2, -0.15) is 0 Å². The van der Waals surface area contributed by atoms with Gasteiger partial charge in [-0.1, -0.05) is 12.1 Å². The van der Waals surface area contributed by atoms with Gasteiger partial charge in [-0.15, -0.1) is 0 Å². The van der Waals surface area contributed by atoms with E-state index in [9.17, 15) is 5.11 Å². The fourth-order valence-corrected chi connectivity index (χ4v) is 5.36. The lowest BCUT2D eigenvalue weighted by Gasteiger charge is -2.32. The van der Waals surface area contributed by atoms with Gasteiger partial charge in [0, 0.05) is 11.5 Å². The Morgan fingerprint density at radius 1 is 1.30 bits per heavy atom. The van der Waals surface area contributed by atoms with Gasteiger partial charge in [0.05, 0.1) is 25.9 Å². The molecule has 4 aliphatic rings. The van der Waals surface area contributed by atoms with Crippen LogP contribution in [0.15, 0.2) is 29.8 Å². The van der Waals surface area contributed by atoms with Crippen molar-refractivity contribution in [3.05, 3.63) is 35.4 Å². The summed E-state index contributed by atoms with van der Waals surface area (Å²) in [6, 6.07) is 7.30. The van der Waals surface area contributed by atoms with Crippen LogP contribution in [-0.2, 0) is 9.47 Å². The van der Waals surface area contributed by atoms with Crippen molar-refractivity contribution in [3.8, 4) is 5.75 Å². The molecule has 4 fully saturated rings.